The Morgan fingerprint density at radius 1 is 1.25 bits per heavy atom. The first-order chi connectivity index (χ1) is 5.57. The molecule has 0 aromatic carbocycles. The van der Waals surface area contributed by atoms with Crippen molar-refractivity contribution in [2.24, 2.45) is 11.8 Å². The van der Waals surface area contributed by atoms with Crippen LogP contribution < -0.4 is 0 Å². The van der Waals surface area contributed by atoms with E-state index >= 15 is 0 Å². The molecule has 0 aromatic rings. The lowest BCUT2D eigenvalue weighted by Gasteiger charge is -2.14. The van der Waals surface area contributed by atoms with Gasteiger partial charge in [0.05, 0.1) is 0 Å². The maximum atomic E-state index is 2.32. The van der Waals surface area contributed by atoms with Gasteiger partial charge in [-0.25, -0.2) is 0 Å². The largest absolute Gasteiger partial charge is 0.0914 e. The molecule has 0 amide bonds. The van der Waals surface area contributed by atoms with E-state index in [1.54, 1.807) is 0 Å². The van der Waals surface area contributed by atoms with Crippen molar-refractivity contribution >= 4 is 0 Å². The van der Waals surface area contributed by atoms with Crippen molar-refractivity contribution in [2.45, 2.75) is 41.0 Å². The van der Waals surface area contributed by atoms with Crippen LogP contribution in [0, 0.1) is 11.8 Å². The Labute approximate surface area is 77.4 Å². The third kappa shape index (κ3) is 5.17. The summed E-state index contributed by atoms with van der Waals surface area (Å²) in [4.78, 5) is 0. The summed E-state index contributed by atoms with van der Waals surface area (Å²) in [7, 11) is 0. The Hall–Kier alpha value is -0.520. The molecule has 0 aliphatic heterocycles. The molecule has 0 heteroatoms. The van der Waals surface area contributed by atoms with E-state index < -0.39 is 0 Å². The van der Waals surface area contributed by atoms with Crippen LogP contribution in [0.5, 0.6) is 0 Å². The molecule has 0 nitrogen and oxygen atoms in total. The Balaban J connectivity index is 3.86. The van der Waals surface area contributed by atoms with E-state index in [9.17, 15) is 0 Å². The van der Waals surface area contributed by atoms with Gasteiger partial charge in [-0.2, -0.15) is 0 Å². The first-order valence-electron chi connectivity index (χ1n) is 4.84. The molecule has 0 rings (SSSR count). The number of hydrogen-bond acceptors (Lipinski definition) is 0. The maximum Gasteiger partial charge on any atom is -0.0233 e. The van der Waals surface area contributed by atoms with Crippen molar-refractivity contribution < 1.29 is 0 Å². The second-order valence-electron chi connectivity index (χ2n) is 3.88. The van der Waals surface area contributed by atoms with Crippen LogP contribution in [0.2, 0.25) is 0 Å². The summed E-state index contributed by atoms with van der Waals surface area (Å²) in [5.41, 5.74) is 1.43. The average Bonchev–Trinajstić information content (AvgIpc) is 2.00. The van der Waals surface area contributed by atoms with E-state index in [0.29, 0.717) is 5.92 Å². The summed E-state index contributed by atoms with van der Waals surface area (Å²) in [6.07, 6.45) is 7.95. The molecule has 0 aliphatic carbocycles. The maximum absolute atomic E-state index is 2.32. The quantitative estimate of drug-likeness (QED) is 0.549. The highest BCUT2D eigenvalue weighted by Gasteiger charge is 2.06. The van der Waals surface area contributed by atoms with Crippen molar-refractivity contribution in [3.8, 4) is 0 Å². The molecule has 12 heavy (non-hydrogen) atoms. The summed E-state index contributed by atoms with van der Waals surface area (Å²) >= 11 is 0. The van der Waals surface area contributed by atoms with Gasteiger partial charge in [0.25, 0.3) is 0 Å². The molecular weight excluding hydrogens is 144 g/mol. The molecule has 0 spiro atoms. The van der Waals surface area contributed by atoms with Crippen molar-refractivity contribution in [3.63, 3.8) is 0 Å². The highest BCUT2D eigenvalue weighted by Crippen LogP contribution is 2.17. The number of hydrogen-bond donors (Lipinski definition) is 0. The zero-order valence-corrected chi connectivity index (χ0v) is 9.09. The topological polar surface area (TPSA) is 0 Å². The fourth-order valence-corrected chi connectivity index (χ4v) is 1.13. The highest BCUT2D eigenvalue weighted by atomic mass is 14.1. The summed E-state index contributed by atoms with van der Waals surface area (Å²) in [5, 5.41) is 0. The zero-order valence-electron chi connectivity index (χ0n) is 9.09. The molecule has 2 atom stereocenters. The van der Waals surface area contributed by atoms with Crippen LogP contribution in [0.4, 0.5) is 0 Å². The molecule has 0 aromatic heterocycles. The molecule has 0 saturated heterocycles. The second kappa shape index (κ2) is 6.05. The van der Waals surface area contributed by atoms with E-state index in [2.05, 4.69) is 52.8 Å². The van der Waals surface area contributed by atoms with Crippen LogP contribution in [0.3, 0.4) is 0 Å². The lowest BCUT2D eigenvalue weighted by atomic mass is 9.92. The number of allylic oxidation sites excluding steroid dienone is 4. The van der Waals surface area contributed by atoms with Gasteiger partial charge in [0.15, 0.2) is 0 Å². The van der Waals surface area contributed by atoms with E-state index in [1.165, 1.54) is 12.0 Å². The zero-order chi connectivity index (χ0) is 9.56. The minimum absolute atomic E-state index is 0.700. The van der Waals surface area contributed by atoms with Crippen LogP contribution in [-0.4, -0.2) is 0 Å². The Kier molecular flexibility index (Phi) is 5.79. The summed E-state index contributed by atoms with van der Waals surface area (Å²) < 4.78 is 0. The van der Waals surface area contributed by atoms with Gasteiger partial charge in [-0.1, -0.05) is 37.6 Å². The molecule has 0 heterocycles. The standard InChI is InChI=1S/C12H22/c1-6-7-11(4)12(5)9-8-10(2)3/h6-8,11-12H,9H2,1-5H3/b7-6-. The summed E-state index contributed by atoms with van der Waals surface area (Å²) in [6, 6.07) is 0. The lowest BCUT2D eigenvalue weighted by molar-refractivity contribution is 0.464. The third-order valence-corrected chi connectivity index (χ3v) is 2.29. The summed E-state index contributed by atoms with van der Waals surface area (Å²) in [6.45, 7) is 11.0. The molecular formula is C12H22. The molecule has 70 valence electrons. The highest BCUT2D eigenvalue weighted by molar-refractivity contribution is 4.96. The molecule has 0 radical (unpaired) electrons. The monoisotopic (exact) mass is 166 g/mol. The van der Waals surface area contributed by atoms with Crippen LogP contribution in [0.1, 0.15) is 41.0 Å². The smallest absolute Gasteiger partial charge is 0.0233 e. The fourth-order valence-electron chi connectivity index (χ4n) is 1.13. The predicted molar refractivity (Wildman–Crippen MR) is 57.2 cm³/mol. The van der Waals surface area contributed by atoms with Crippen molar-refractivity contribution in [1.29, 1.82) is 0 Å². The fraction of sp³-hybridized carbons (Fsp3) is 0.667. The average molecular weight is 166 g/mol. The van der Waals surface area contributed by atoms with Gasteiger partial charge in [0, 0.05) is 0 Å². The molecule has 0 bridgehead atoms. The Morgan fingerprint density at radius 2 is 1.83 bits per heavy atom. The van der Waals surface area contributed by atoms with Crippen molar-refractivity contribution in [3.05, 3.63) is 23.8 Å². The SMILES string of the molecule is C/C=C\C(C)C(C)CC=C(C)C. The minimum atomic E-state index is 0.700. The lowest BCUT2D eigenvalue weighted by Crippen LogP contribution is -2.03. The van der Waals surface area contributed by atoms with Gasteiger partial charge in [-0.05, 0) is 39.0 Å². The molecule has 2 unspecified atom stereocenters. The van der Waals surface area contributed by atoms with Crippen molar-refractivity contribution in [2.75, 3.05) is 0 Å². The van der Waals surface area contributed by atoms with Gasteiger partial charge in [0.1, 0.15) is 0 Å². The van der Waals surface area contributed by atoms with Gasteiger partial charge >= 0.3 is 0 Å². The van der Waals surface area contributed by atoms with E-state index in [1.807, 2.05) is 0 Å². The first-order valence-corrected chi connectivity index (χ1v) is 4.84. The van der Waals surface area contributed by atoms with Crippen LogP contribution in [0.25, 0.3) is 0 Å². The van der Waals surface area contributed by atoms with Crippen LogP contribution in [0.15, 0.2) is 23.8 Å². The van der Waals surface area contributed by atoms with E-state index in [-0.39, 0.29) is 0 Å². The second-order valence-corrected chi connectivity index (χ2v) is 3.88. The Bertz CT molecular complexity index is 159. The van der Waals surface area contributed by atoms with E-state index in [4.69, 9.17) is 0 Å². The first kappa shape index (κ1) is 11.5. The molecule has 0 aliphatic rings. The molecule has 0 saturated carbocycles. The summed E-state index contributed by atoms with van der Waals surface area (Å²) in [5.74, 6) is 1.46. The van der Waals surface area contributed by atoms with Gasteiger partial charge < -0.3 is 0 Å². The Morgan fingerprint density at radius 3 is 2.25 bits per heavy atom. The van der Waals surface area contributed by atoms with Crippen LogP contribution in [-0.2, 0) is 0 Å². The molecule has 0 fully saturated rings. The van der Waals surface area contributed by atoms with Gasteiger partial charge in [-0.3, -0.25) is 0 Å². The third-order valence-electron chi connectivity index (χ3n) is 2.29. The number of rotatable bonds is 4. The molecule has 0 N–H and O–H groups in total. The van der Waals surface area contributed by atoms with E-state index in [0.717, 1.165) is 5.92 Å². The predicted octanol–water partition coefficient (Wildman–Crippen LogP) is 4.19. The van der Waals surface area contributed by atoms with Crippen LogP contribution >= 0.6 is 0 Å². The normalized spacial score (nSPS) is 16.1. The minimum Gasteiger partial charge on any atom is -0.0914 e. The van der Waals surface area contributed by atoms with Crippen molar-refractivity contribution in [1.82, 2.24) is 0 Å². The van der Waals surface area contributed by atoms with Gasteiger partial charge in [-0.15, -0.1) is 0 Å². The van der Waals surface area contributed by atoms with Gasteiger partial charge in [0.2, 0.25) is 0 Å².